The van der Waals surface area contributed by atoms with Crippen LogP contribution in [0.4, 0.5) is 10.1 Å². The maximum atomic E-state index is 12.8. The molecule has 0 spiro atoms. The van der Waals surface area contributed by atoms with E-state index in [1.54, 1.807) is 12.1 Å². The average Bonchev–Trinajstić information content (AvgIpc) is 2.70. The topological polar surface area (TPSA) is 75.7 Å². The number of halogens is 1. The van der Waals surface area contributed by atoms with Gasteiger partial charge in [0, 0.05) is 18.8 Å². The summed E-state index contributed by atoms with van der Waals surface area (Å²) in [6.45, 7) is 1.25. The fourth-order valence-electron chi connectivity index (χ4n) is 2.98. The van der Waals surface area contributed by atoms with Crippen LogP contribution in [-0.2, 0) is 14.8 Å². The van der Waals surface area contributed by atoms with Gasteiger partial charge in [0.15, 0.2) is 0 Å². The van der Waals surface area contributed by atoms with Crippen molar-refractivity contribution in [3.8, 4) is 5.75 Å². The van der Waals surface area contributed by atoms with E-state index in [9.17, 15) is 17.6 Å². The van der Waals surface area contributed by atoms with E-state index in [0.717, 1.165) is 19.3 Å². The first-order valence-electron chi connectivity index (χ1n) is 9.23. The highest BCUT2D eigenvalue weighted by atomic mass is 32.2. The SMILES string of the molecule is O=C(CCOc1ccc(F)cc1)Nc1ccc(S(=O)(=O)N2CCCCC2)cc1. The lowest BCUT2D eigenvalue weighted by Crippen LogP contribution is -2.35. The normalized spacial score (nSPS) is 15.2. The minimum atomic E-state index is -3.48. The van der Waals surface area contributed by atoms with Gasteiger partial charge in [-0.1, -0.05) is 6.42 Å². The van der Waals surface area contributed by atoms with Crippen molar-refractivity contribution in [3.63, 3.8) is 0 Å². The van der Waals surface area contributed by atoms with Crippen LogP contribution in [0.25, 0.3) is 0 Å². The van der Waals surface area contributed by atoms with E-state index in [2.05, 4.69) is 5.32 Å². The van der Waals surface area contributed by atoms with Gasteiger partial charge >= 0.3 is 0 Å². The van der Waals surface area contributed by atoms with Gasteiger partial charge in [0.2, 0.25) is 15.9 Å². The quantitative estimate of drug-likeness (QED) is 0.765. The van der Waals surface area contributed by atoms with Crippen LogP contribution in [0.5, 0.6) is 5.75 Å². The molecule has 3 rings (SSSR count). The standard InChI is InChI=1S/C20H23FN2O4S/c21-16-4-8-18(9-5-16)27-15-12-20(24)22-17-6-10-19(11-7-17)28(25,26)23-13-2-1-3-14-23/h4-11H,1-3,12-15H2,(H,22,24). The molecule has 8 heteroatoms. The molecular weight excluding hydrogens is 383 g/mol. The predicted molar refractivity (Wildman–Crippen MR) is 104 cm³/mol. The molecule has 0 aliphatic carbocycles. The number of anilines is 1. The van der Waals surface area contributed by atoms with Gasteiger partial charge in [0.1, 0.15) is 11.6 Å². The van der Waals surface area contributed by atoms with Crippen molar-refractivity contribution in [2.45, 2.75) is 30.6 Å². The summed E-state index contributed by atoms with van der Waals surface area (Å²) in [5, 5.41) is 2.71. The van der Waals surface area contributed by atoms with E-state index in [4.69, 9.17) is 4.74 Å². The number of nitrogens with one attached hydrogen (secondary N) is 1. The predicted octanol–water partition coefficient (Wildman–Crippen LogP) is 3.41. The molecule has 0 unspecified atom stereocenters. The maximum absolute atomic E-state index is 12.8. The number of nitrogens with zero attached hydrogens (tertiary/aromatic N) is 1. The van der Waals surface area contributed by atoms with E-state index in [-0.39, 0.29) is 29.6 Å². The number of rotatable bonds is 7. The third-order valence-corrected chi connectivity index (χ3v) is 6.42. The fourth-order valence-corrected chi connectivity index (χ4v) is 4.50. The van der Waals surface area contributed by atoms with Crippen LogP contribution in [0.2, 0.25) is 0 Å². The highest BCUT2D eigenvalue weighted by Crippen LogP contribution is 2.22. The molecule has 0 atom stereocenters. The van der Waals surface area contributed by atoms with E-state index in [0.29, 0.717) is 24.5 Å². The van der Waals surface area contributed by atoms with Crippen LogP contribution in [-0.4, -0.2) is 38.3 Å². The van der Waals surface area contributed by atoms with E-state index < -0.39 is 10.0 Å². The molecule has 1 fully saturated rings. The molecule has 28 heavy (non-hydrogen) atoms. The van der Waals surface area contributed by atoms with Crippen LogP contribution >= 0.6 is 0 Å². The fraction of sp³-hybridized carbons (Fsp3) is 0.350. The van der Waals surface area contributed by atoms with Gasteiger partial charge in [-0.15, -0.1) is 0 Å². The molecule has 1 N–H and O–H groups in total. The summed E-state index contributed by atoms with van der Waals surface area (Å²) < 4.78 is 45.0. The third kappa shape index (κ3) is 5.30. The smallest absolute Gasteiger partial charge is 0.243 e. The van der Waals surface area contributed by atoms with Crippen molar-refractivity contribution in [3.05, 3.63) is 54.3 Å². The number of carbonyl (C=O) groups excluding carboxylic acids is 1. The first kappa shape index (κ1) is 20.3. The Morgan fingerprint density at radius 2 is 1.64 bits per heavy atom. The largest absolute Gasteiger partial charge is 0.493 e. The van der Waals surface area contributed by atoms with Gasteiger partial charge in [-0.25, -0.2) is 12.8 Å². The Labute approximate surface area is 164 Å². The van der Waals surface area contributed by atoms with Crippen LogP contribution in [0.15, 0.2) is 53.4 Å². The molecule has 0 aromatic heterocycles. The van der Waals surface area contributed by atoms with Crippen molar-refractivity contribution in [1.82, 2.24) is 4.31 Å². The molecule has 1 amide bonds. The summed E-state index contributed by atoms with van der Waals surface area (Å²) in [7, 11) is -3.48. The molecule has 2 aromatic rings. The summed E-state index contributed by atoms with van der Waals surface area (Å²) in [6, 6.07) is 11.7. The molecule has 0 saturated carbocycles. The van der Waals surface area contributed by atoms with Gasteiger partial charge in [-0.05, 0) is 61.4 Å². The first-order valence-corrected chi connectivity index (χ1v) is 10.7. The van der Waals surface area contributed by atoms with Crippen LogP contribution in [0.1, 0.15) is 25.7 Å². The molecule has 1 aliphatic heterocycles. The summed E-state index contributed by atoms with van der Waals surface area (Å²) >= 11 is 0. The van der Waals surface area contributed by atoms with Crippen molar-refractivity contribution < 1.29 is 22.3 Å². The summed E-state index contributed by atoms with van der Waals surface area (Å²) in [4.78, 5) is 12.2. The van der Waals surface area contributed by atoms with Crippen molar-refractivity contribution in [1.29, 1.82) is 0 Å². The lowest BCUT2D eigenvalue weighted by molar-refractivity contribution is -0.116. The van der Waals surface area contributed by atoms with Crippen LogP contribution in [0.3, 0.4) is 0 Å². The Balaban J connectivity index is 1.50. The Morgan fingerprint density at radius 3 is 2.29 bits per heavy atom. The van der Waals surface area contributed by atoms with Crippen molar-refractivity contribution in [2.24, 2.45) is 0 Å². The molecule has 2 aromatic carbocycles. The molecule has 1 aliphatic rings. The molecule has 150 valence electrons. The van der Waals surface area contributed by atoms with Gasteiger partial charge in [-0.3, -0.25) is 4.79 Å². The molecule has 6 nitrogen and oxygen atoms in total. The molecule has 0 radical (unpaired) electrons. The number of amides is 1. The number of carbonyl (C=O) groups is 1. The number of piperidine rings is 1. The van der Waals surface area contributed by atoms with Crippen molar-refractivity contribution >= 4 is 21.6 Å². The third-order valence-electron chi connectivity index (χ3n) is 4.50. The number of hydrogen-bond acceptors (Lipinski definition) is 4. The Bertz CT molecular complexity index is 893. The number of hydrogen-bond donors (Lipinski definition) is 1. The lowest BCUT2D eigenvalue weighted by Gasteiger charge is -2.25. The lowest BCUT2D eigenvalue weighted by atomic mass is 10.2. The number of benzene rings is 2. The van der Waals surface area contributed by atoms with Gasteiger partial charge in [-0.2, -0.15) is 4.31 Å². The molecule has 1 heterocycles. The maximum Gasteiger partial charge on any atom is 0.243 e. The molecule has 0 bridgehead atoms. The zero-order chi connectivity index (χ0) is 20.0. The van der Waals surface area contributed by atoms with Gasteiger partial charge < -0.3 is 10.1 Å². The zero-order valence-electron chi connectivity index (χ0n) is 15.4. The second-order valence-corrected chi connectivity index (χ2v) is 8.53. The minimum absolute atomic E-state index is 0.116. The number of sulfonamides is 1. The van der Waals surface area contributed by atoms with E-state index in [1.807, 2.05) is 0 Å². The van der Waals surface area contributed by atoms with Crippen LogP contribution < -0.4 is 10.1 Å². The second-order valence-electron chi connectivity index (χ2n) is 6.59. The Kier molecular flexibility index (Phi) is 6.64. The van der Waals surface area contributed by atoms with E-state index in [1.165, 1.54) is 40.7 Å². The second kappa shape index (κ2) is 9.16. The minimum Gasteiger partial charge on any atom is -0.493 e. The summed E-state index contributed by atoms with van der Waals surface area (Å²) in [6.07, 6.45) is 2.94. The molecule has 1 saturated heterocycles. The number of ether oxygens (including phenoxy) is 1. The Morgan fingerprint density at radius 1 is 1.00 bits per heavy atom. The average molecular weight is 406 g/mol. The molecular formula is C20H23FN2O4S. The highest BCUT2D eigenvalue weighted by molar-refractivity contribution is 7.89. The van der Waals surface area contributed by atoms with E-state index >= 15 is 0 Å². The zero-order valence-corrected chi connectivity index (χ0v) is 16.3. The Hall–Kier alpha value is -2.45. The summed E-state index contributed by atoms with van der Waals surface area (Å²) in [5.41, 5.74) is 0.518. The van der Waals surface area contributed by atoms with Gasteiger partial charge in [0.25, 0.3) is 0 Å². The highest BCUT2D eigenvalue weighted by Gasteiger charge is 2.25. The van der Waals surface area contributed by atoms with Gasteiger partial charge in [0.05, 0.1) is 17.9 Å². The van der Waals surface area contributed by atoms with Crippen LogP contribution in [0, 0.1) is 5.82 Å². The van der Waals surface area contributed by atoms with Crippen molar-refractivity contribution in [2.75, 3.05) is 25.0 Å². The first-order chi connectivity index (χ1) is 13.4. The summed E-state index contributed by atoms with van der Waals surface area (Å²) in [5.74, 6) is -0.119. The monoisotopic (exact) mass is 406 g/mol.